The molecule has 0 bridgehead atoms. The summed E-state index contributed by atoms with van der Waals surface area (Å²) in [4.78, 5) is 25.3. The number of rotatable bonds is 6. The number of carbonyl (C=O) groups excluding carboxylic acids is 1. The second-order valence-corrected chi connectivity index (χ2v) is 6.18. The Kier molecular flexibility index (Phi) is 6.01. The van der Waals surface area contributed by atoms with Crippen LogP contribution in [0.15, 0.2) is 36.7 Å². The first kappa shape index (κ1) is 18.1. The van der Waals surface area contributed by atoms with E-state index in [1.165, 1.54) is 0 Å². The molecule has 1 amide bonds. The van der Waals surface area contributed by atoms with E-state index in [-0.39, 0.29) is 5.91 Å². The molecule has 1 N–H and O–H groups in total. The molecule has 2 heterocycles. The highest BCUT2D eigenvalue weighted by molar-refractivity contribution is 5.92. The van der Waals surface area contributed by atoms with Crippen molar-refractivity contribution in [3.05, 3.63) is 47.9 Å². The zero-order chi connectivity index (χ0) is 18.4. The predicted octanol–water partition coefficient (Wildman–Crippen LogP) is 1.87. The summed E-state index contributed by atoms with van der Waals surface area (Å²) in [5, 5.41) is 3.21. The smallest absolute Gasteiger partial charge is 0.274 e. The van der Waals surface area contributed by atoms with Crippen molar-refractivity contribution < 1.29 is 9.53 Å². The van der Waals surface area contributed by atoms with Crippen LogP contribution in [0, 0.1) is 0 Å². The fraction of sp³-hybridized carbons (Fsp3) is 0.421. The van der Waals surface area contributed by atoms with Gasteiger partial charge in [0.1, 0.15) is 17.3 Å². The van der Waals surface area contributed by atoms with Crippen LogP contribution in [0.1, 0.15) is 23.0 Å². The third kappa shape index (κ3) is 4.29. The van der Waals surface area contributed by atoms with E-state index >= 15 is 0 Å². The highest BCUT2D eigenvalue weighted by atomic mass is 16.5. The van der Waals surface area contributed by atoms with Crippen LogP contribution >= 0.6 is 0 Å². The molecule has 1 aliphatic heterocycles. The summed E-state index contributed by atoms with van der Waals surface area (Å²) in [6.45, 7) is 7.03. The molecule has 0 saturated carbocycles. The largest absolute Gasteiger partial charge is 0.496 e. The summed E-state index contributed by atoms with van der Waals surface area (Å²) in [6, 6.07) is 7.81. The van der Waals surface area contributed by atoms with E-state index in [2.05, 4.69) is 27.1 Å². The molecule has 0 unspecified atom stereocenters. The van der Waals surface area contributed by atoms with E-state index in [0.29, 0.717) is 18.1 Å². The van der Waals surface area contributed by atoms with Crippen LogP contribution < -0.4 is 10.1 Å². The zero-order valence-corrected chi connectivity index (χ0v) is 15.3. The Morgan fingerprint density at radius 3 is 2.58 bits per heavy atom. The topological polar surface area (TPSA) is 70.6 Å². The minimum atomic E-state index is -0.0514. The second-order valence-electron chi connectivity index (χ2n) is 6.18. The summed E-state index contributed by atoms with van der Waals surface area (Å²) in [5.41, 5.74) is 1.42. The summed E-state index contributed by atoms with van der Waals surface area (Å²) in [6.07, 6.45) is 3.14. The van der Waals surface area contributed by atoms with Crippen LogP contribution in [0.4, 0.5) is 5.82 Å². The normalized spacial score (nSPS) is 14.9. The van der Waals surface area contributed by atoms with Crippen LogP contribution in [0.25, 0.3) is 0 Å². The average Bonchev–Trinajstić information content (AvgIpc) is 2.72. The highest BCUT2D eigenvalue weighted by Gasteiger charge is 2.22. The number of nitrogens with one attached hydrogen (secondary N) is 1. The Hall–Kier alpha value is -2.67. The van der Waals surface area contributed by atoms with Crippen molar-refractivity contribution in [2.75, 3.05) is 45.2 Å². The van der Waals surface area contributed by atoms with Crippen molar-refractivity contribution in [3.8, 4) is 5.75 Å². The fourth-order valence-corrected chi connectivity index (χ4v) is 2.99. The molecule has 1 aromatic carbocycles. The van der Waals surface area contributed by atoms with Gasteiger partial charge in [-0.25, -0.2) is 9.97 Å². The number of hydrogen-bond donors (Lipinski definition) is 1. The van der Waals surface area contributed by atoms with Gasteiger partial charge in [-0.2, -0.15) is 0 Å². The summed E-state index contributed by atoms with van der Waals surface area (Å²) < 4.78 is 5.34. The van der Waals surface area contributed by atoms with E-state index in [0.717, 1.165) is 44.0 Å². The number of ether oxygens (including phenoxy) is 1. The lowest BCUT2D eigenvalue weighted by Gasteiger charge is -2.33. The number of benzene rings is 1. The Labute approximate surface area is 154 Å². The lowest BCUT2D eigenvalue weighted by molar-refractivity contribution is 0.0637. The van der Waals surface area contributed by atoms with Crippen LogP contribution in [0.2, 0.25) is 0 Å². The number of methoxy groups -OCH3 is 1. The monoisotopic (exact) mass is 355 g/mol. The highest BCUT2D eigenvalue weighted by Crippen LogP contribution is 2.18. The molecule has 1 fully saturated rings. The molecular weight excluding hydrogens is 330 g/mol. The van der Waals surface area contributed by atoms with Crippen molar-refractivity contribution >= 4 is 11.7 Å². The minimum absolute atomic E-state index is 0.0514. The molecule has 7 nitrogen and oxygen atoms in total. The number of para-hydroxylation sites is 1. The van der Waals surface area contributed by atoms with Gasteiger partial charge in [0.05, 0.1) is 19.5 Å². The molecule has 26 heavy (non-hydrogen) atoms. The Balaban J connectivity index is 1.57. The van der Waals surface area contributed by atoms with Crippen molar-refractivity contribution in [1.82, 2.24) is 19.8 Å². The molecule has 3 rings (SSSR count). The van der Waals surface area contributed by atoms with E-state index in [4.69, 9.17) is 4.74 Å². The molecule has 7 heteroatoms. The first-order valence-electron chi connectivity index (χ1n) is 8.90. The van der Waals surface area contributed by atoms with Gasteiger partial charge in [-0.05, 0) is 12.6 Å². The van der Waals surface area contributed by atoms with E-state index in [1.54, 1.807) is 19.5 Å². The molecule has 1 aromatic heterocycles. The average molecular weight is 355 g/mol. The van der Waals surface area contributed by atoms with Gasteiger partial charge in [-0.1, -0.05) is 25.1 Å². The molecular formula is C19H25N5O2. The van der Waals surface area contributed by atoms with Crippen LogP contribution in [-0.2, 0) is 6.54 Å². The summed E-state index contributed by atoms with van der Waals surface area (Å²) in [7, 11) is 1.65. The maximum absolute atomic E-state index is 12.5. The van der Waals surface area contributed by atoms with Gasteiger partial charge < -0.3 is 19.9 Å². The molecule has 0 spiro atoms. The maximum atomic E-state index is 12.5. The van der Waals surface area contributed by atoms with Gasteiger partial charge >= 0.3 is 0 Å². The fourth-order valence-electron chi connectivity index (χ4n) is 2.99. The number of nitrogens with zero attached hydrogens (tertiary/aromatic N) is 4. The second kappa shape index (κ2) is 8.62. The van der Waals surface area contributed by atoms with Gasteiger partial charge in [0.2, 0.25) is 0 Å². The minimum Gasteiger partial charge on any atom is -0.496 e. The van der Waals surface area contributed by atoms with E-state index in [1.807, 2.05) is 29.2 Å². The van der Waals surface area contributed by atoms with Gasteiger partial charge in [-0.3, -0.25) is 4.79 Å². The Bertz CT molecular complexity index is 727. The molecule has 0 aliphatic carbocycles. The third-order valence-corrected chi connectivity index (χ3v) is 4.63. The summed E-state index contributed by atoms with van der Waals surface area (Å²) in [5.74, 6) is 1.40. The summed E-state index contributed by atoms with van der Waals surface area (Å²) >= 11 is 0. The SMILES string of the molecule is CCN1CCN(C(=O)c2cnc(NCc3ccccc3OC)cn2)CC1. The van der Waals surface area contributed by atoms with Gasteiger partial charge in [0.25, 0.3) is 5.91 Å². The van der Waals surface area contributed by atoms with Gasteiger partial charge in [0, 0.05) is 38.3 Å². The molecule has 0 radical (unpaired) electrons. The maximum Gasteiger partial charge on any atom is 0.274 e. The lowest BCUT2D eigenvalue weighted by atomic mass is 10.2. The van der Waals surface area contributed by atoms with E-state index < -0.39 is 0 Å². The number of likely N-dealkylation sites (N-methyl/N-ethyl adjacent to an activating group) is 1. The first-order chi connectivity index (χ1) is 12.7. The number of anilines is 1. The number of aromatic nitrogens is 2. The Morgan fingerprint density at radius 2 is 1.92 bits per heavy atom. The van der Waals surface area contributed by atoms with Crippen LogP contribution in [0.5, 0.6) is 5.75 Å². The molecule has 138 valence electrons. The number of hydrogen-bond acceptors (Lipinski definition) is 6. The lowest BCUT2D eigenvalue weighted by Crippen LogP contribution is -2.48. The van der Waals surface area contributed by atoms with Crippen molar-refractivity contribution in [1.29, 1.82) is 0 Å². The molecule has 1 saturated heterocycles. The number of amides is 1. The molecule has 0 atom stereocenters. The predicted molar refractivity (Wildman–Crippen MR) is 100 cm³/mol. The number of carbonyl (C=O) groups is 1. The van der Waals surface area contributed by atoms with E-state index in [9.17, 15) is 4.79 Å². The van der Waals surface area contributed by atoms with Crippen molar-refractivity contribution in [3.63, 3.8) is 0 Å². The van der Waals surface area contributed by atoms with Crippen molar-refractivity contribution in [2.45, 2.75) is 13.5 Å². The Morgan fingerprint density at radius 1 is 1.15 bits per heavy atom. The standard InChI is InChI=1S/C19H25N5O2/c1-3-23-8-10-24(11-9-23)19(25)16-13-22-18(14-20-16)21-12-15-6-4-5-7-17(15)26-2/h4-7,13-14H,3,8-12H2,1-2H3,(H,21,22). The number of piperazine rings is 1. The van der Waals surface area contributed by atoms with Gasteiger partial charge in [0.15, 0.2) is 0 Å². The van der Waals surface area contributed by atoms with Gasteiger partial charge in [-0.15, -0.1) is 0 Å². The molecule has 1 aliphatic rings. The first-order valence-corrected chi connectivity index (χ1v) is 8.90. The van der Waals surface area contributed by atoms with Crippen LogP contribution in [-0.4, -0.2) is 65.5 Å². The van der Waals surface area contributed by atoms with Crippen LogP contribution in [0.3, 0.4) is 0 Å². The molecule has 2 aromatic rings. The van der Waals surface area contributed by atoms with Crippen molar-refractivity contribution in [2.24, 2.45) is 0 Å². The quantitative estimate of drug-likeness (QED) is 0.853. The zero-order valence-electron chi connectivity index (χ0n) is 15.3. The third-order valence-electron chi connectivity index (χ3n) is 4.63.